The molecule has 3 N–H and O–H groups in total. The Morgan fingerprint density at radius 1 is 1.17 bits per heavy atom. The molecule has 0 aliphatic heterocycles. The number of carbonyl (C=O) groups excluding carboxylic acids is 1. The molecule has 0 aliphatic carbocycles. The van der Waals surface area contributed by atoms with E-state index in [2.05, 4.69) is 5.73 Å². The summed E-state index contributed by atoms with van der Waals surface area (Å²) in [6.07, 6.45) is 2.00. The van der Waals surface area contributed by atoms with Crippen molar-refractivity contribution in [2.24, 2.45) is 5.92 Å². The van der Waals surface area contributed by atoms with Gasteiger partial charge in [-0.1, -0.05) is 37.0 Å². The number of quaternary nitrogens is 1. The normalized spacial score (nSPS) is 13.1. The molecule has 1 heterocycles. The van der Waals surface area contributed by atoms with Gasteiger partial charge in [-0.25, -0.2) is 4.79 Å². The highest BCUT2D eigenvalue weighted by atomic mass is 35.5. The van der Waals surface area contributed by atoms with Gasteiger partial charge in [0.05, 0.1) is 10.4 Å². The third-order valence-corrected chi connectivity index (χ3v) is 5.21. The van der Waals surface area contributed by atoms with Gasteiger partial charge in [-0.05, 0) is 36.8 Å². The van der Waals surface area contributed by atoms with Gasteiger partial charge in [0.2, 0.25) is 11.2 Å². The SMILES string of the molecule is CC[C@@H](C)[C@@H]([NH3+])C(=O)Oc1ccc2c(=O)c(Oc3ccc(Cl)cc3Cl)coc2c1. The maximum Gasteiger partial charge on any atom is 0.370 e. The highest BCUT2D eigenvalue weighted by molar-refractivity contribution is 6.35. The molecule has 0 unspecified atom stereocenters. The summed E-state index contributed by atoms with van der Waals surface area (Å²) in [7, 11) is 0. The van der Waals surface area contributed by atoms with Crippen LogP contribution in [0.2, 0.25) is 10.0 Å². The molecule has 0 fully saturated rings. The van der Waals surface area contributed by atoms with E-state index in [1.165, 1.54) is 30.5 Å². The summed E-state index contributed by atoms with van der Waals surface area (Å²) in [6, 6.07) is 8.71. The molecule has 6 nitrogen and oxygen atoms in total. The van der Waals surface area contributed by atoms with Gasteiger partial charge in [-0.15, -0.1) is 0 Å². The van der Waals surface area contributed by atoms with Crippen molar-refractivity contribution in [3.8, 4) is 17.2 Å². The number of fused-ring (bicyclic) bond motifs is 1. The van der Waals surface area contributed by atoms with E-state index in [0.717, 1.165) is 6.42 Å². The molecule has 2 aromatic carbocycles. The summed E-state index contributed by atoms with van der Waals surface area (Å²) in [6.45, 7) is 3.92. The van der Waals surface area contributed by atoms with E-state index < -0.39 is 12.0 Å². The first kappa shape index (κ1) is 21.2. The Morgan fingerprint density at radius 2 is 1.93 bits per heavy atom. The Labute approximate surface area is 177 Å². The van der Waals surface area contributed by atoms with Crippen LogP contribution >= 0.6 is 23.2 Å². The number of rotatable bonds is 6. The number of hydrogen-bond acceptors (Lipinski definition) is 5. The molecule has 0 amide bonds. The van der Waals surface area contributed by atoms with Gasteiger partial charge >= 0.3 is 5.97 Å². The van der Waals surface area contributed by atoms with E-state index in [-0.39, 0.29) is 44.6 Å². The summed E-state index contributed by atoms with van der Waals surface area (Å²) in [4.78, 5) is 24.9. The lowest BCUT2D eigenvalue weighted by Crippen LogP contribution is -2.68. The van der Waals surface area contributed by atoms with Gasteiger partial charge in [-0.2, -0.15) is 0 Å². The Kier molecular flexibility index (Phi) is 6.47. The second kappa shape index (κ2) is 8.86. The van der Waals surface area contributed by atoms with Crippen LogP contribution in [-0.4, -0.2) is 12.0 Å². The molecule has 3 rings (SSSR count). The zero-order valence-corrected chi connectivity index (χ0v) is 17.4. The van der Waals surface area contributed by atoms with Crippen molar-refractivity contribution in [1.29, 1.82) is 0 Å². The maximum atomic E-state index is 12.7. The quantitative estimate of drug-likeness (QED) is 0.454. The van der Waals surface area contributed by atoms with E-state index in [4.69, 9.17) is 37.1 Å². The molecule has 0 bridgehead atoms. The second-order valence-corrected chi connectivity index (χ2v) is 7.52. The summed E-state index contributed by atoms with van der Waals surface area (Å²) in [5.41, 5.74) is 3.74. The minimum Gasteiger partial charge on any atom is -0.460 e. The average Bonchev–Trinajstić information content (AvgIpc) is 2.70. The minimum atomic E-state index is -0.484. The molecular weight excluding hydrogens is 417 g/mol. The fourth-order valence-corrected chi connectivity index (χ4v) is 3.06. The van der Waals surface area contributed by atoms with Crippen molar-refractivity contribution >= 4 is 40.1 Å². The topological polar surface area (TPSA) is 93.4 Å². The van der Waals surface area contributed by atoms with E-state index >= 15 is 0 Å². The lowest BCUT2D eigenvalue weighted by molar-refractivity contribution is -0.418. The third-order valence-electron chi connectivity index (χ3n) is 4.68. The fraction of sp³-hybridized carbons (Fsp3) is 0.238. The van der Waals surface area contributed by atoms with Crippen LogP contribution < -0.4 is 20.6 Å². The van der Waals surface area contributed by atoms with E-state index in [0.29, 0.717) is 5.02 Å². The van der Waals surface area contributed by atoms with Crippen molar-refractivity contribution in [3.05, 3.63) is 62.9 Å². The monoisotopic (exact) mass is 436 g/mol. The van der Waals surface area contributed by atoms with E-state index in [1.807, 2.05) is 13.8 Å². The highest BCUT2D eigenvalue weighted by Crippen LogP contribution is 2.31. The fourth-order valence-electron chi connectivity index (χ4n) is 2.61. The standard InChI is InChI=1S/C21H19Cl2NO5/c1-3-11(2)19(24)21(26)28-13-5-6-14-17(9-13)27-10-18(20(14)25)29-16-7-4-12(22)8-15(16)23/h4-11,19H,3,24H2,1-2H3/p+1/t11-,19-/m1/s1. The number of halogens is 2. The van der Waals surface area contributed by atoms with Crippen LogP contribution in [-0.2, 0) is 4.79 Å². The minimum absolute atomic E-state index is 0.0268. The number of esters is 1. The van der Waals surface area contributed by atoms with E-state index in [1.54, 1.807) is 12.1 Å². The van der Waals surface area contributed by atoms with Gasteiger partial charge in [-0.3, -0.25) is 4.79 Å². The molecular formula is C21H20Cl2NO5+. The van der Waals surface area contributed by atoms with Gasteiger partial charge < -0.3 is 19.6 Å². The van der Waals surface area contributed by atoms with E-state index in [9.17, 15) is 9.59 Å². The Balaban J connectivity index is 1.85. The molecule has 1 aromatic heterocycles. The first-order valence-electron chi connectivity index (χ1n) is 9.03. The first-order valence-corrected chi connectivity index (χ1v) is 9.79. The highest BCUT2D eigenvalue weighted by Gasteiger charge is 2.25. The van der Waals surface area contributed by atoms with Crippen LogP contribution in [0.15, 0.2) is 51.9 Å². The number of carbonyl (C=O) groups is 1. The van der Waals surface area contributed by atoms with Crippen LogP contribution in [0.1, 0.15) is 20.3 Å². The van der Waals surface area contributed by atoms with Crippen LogP contribution in [0.3, 0.4) is 0 Å². The molecule has 8 heteroatoms. The molecule has 0 saturated heterocycles. The van der Waals surface area contributed by atoms with Crippen LogP contribution in [0.4, 0.5) is 0 Å². The zero-order valence-electron chi connectivity index (χ0n) is 15.9. The first-order chi connectivity index (χ1) is 13.8. The summed E-state index contributed by atoms with van der Waals surface area (Å²) in [5.74, 6) is 0.191. The third kappa shape index (κ3) is 4.72. The van der Waals surface area contributed by atoms with Gasteiger partial charge in [0.15, 0.2) is 6.04 Å². The molecule has 0 aliphatic rings. The molecule has 2 atom stereocenters. The number of hydrogen-bond donors (Lipinski definition) is 1. The van der Waals surface area contributed by atoms with Crippen molar-refractivity contribution < 1.29 is 24.4 Å². The van der Waals surface area contributed by atoms with Crippen LogP contribution in [0.25, 0.3) is 11.0 Å². The van der Waals surface area contributed by atoms with Crippen molar-refractivity contribution in [2.45, 2.75) is 26.3 Å². The summed E-state index contributed by atoms with van der Waals surface area (Å²) in [5, 5.41) is 0.997. The predicted molar refractivity (Wildman–Crippen MR) is 111 cm³/mol. The molecule has 152 valence electrons. The summed E-state index contributed by atoms with van der Waals surface area (Å²) >= 11 is 11.9. The molecule has 0 radical (unpaired) electrons. The maximum absolute atomic E-state index is 12.7. The van der Waals surface area contributed by atoms with Crippen LogP contribution in [0.5, 0.6) is 17.2 Å². The van der Waals surface area contributed by atoms with Gasteiger partial charge in [0.25, 0.3) is 0 Å². The van der Waals surface area contributed by atoms with Crippen molar-refractivity contribution in [1.82, 2.24) is 0 Å². The lowest BCUT2D eigenvalue weighted by Gasteiger charge is -2.14. The Hall–Kier alpha value is -2.54. The van der Waals surface area contributed by atoms with Crippen LogP contribution in [0, 0.1) is 5.92 Å². The zero-order chi connectivity index (χ0) is 21.1. The largest absolute Gasteiger partial charge is 0.460 e. The second-order valence-electron chi connectivity index (χ2n) is 6.68. The molecule has 29 heavy (non-hydrogen) atoms. The molecule has 0 saturated carbocycles. The Bertz CT molecular complexity index is 1110. The molecule has 3 aromatic rings. The predicted octanol–water partition coefficient (Wildman–Crippen LogP) is 4.45. The smallest absolute Gasteiger partial charge is 0.370 e. The summed E-state index contributed by atoms with van der Waals surface area (Å²) < 4.78 is 16.5. The number of benzene rings is 2. The average molecular weight is 437 g/mol. The van der Waals surface area contributed by atoms with Gasteiger partial charge in [0, 0.05) is 17.0 Å². The lowest BCUT2D eigenvalue weighted by atomic mass is 10.0. The number of ether oxygens (including phenoxy) is 2. The molecule has 0 spiro atoms. The van der Waals surface area contributed by atoms with Crippen molar-refractivity contribution in [2.75, 3.05) is 0 Å². The Morgan fingerprint density at radius 3 is 2.62 bits per heavy atom. The van der Waals surface area contributed by atoms with Gasteiger partial charge in [0.1, 0.15) is 23.3 Å². The van der Waals surface area contributed by atoms with Crippen molar-refractivity contribution in [3.63, 3.8) is 0 Å².